The molecule has 5 nitrogen and oxygen atoms in total. The van der Waals surface area contributed by atoms with Gasteiger partial charge in [0.15, 0.2) is 5.78 Å². The summed E-state index contributed by atoms with van der Waals surface area (Å²) in [6.45, 7) is 10.0. The summed E-state index contributed by atoms with van der Waals surface area (Å²) in [5.74, 6) is 0.162. The molecule has 23 heavy (non-hydrogen) atoms. The van der Waals surface area contributed by atoms with E-state index in [-0.39, 0.29) is 11.8 Å². The number of amides is 2. The van der Waals surface area contributed by atoms with E-state index < -0.39 is 0 Å². The molecule has 0 saturated carbocycles. The zero-order valence-electron chi connectivity index (χ0n) is 14.4. The molecule has 5 heteroatoms. The lowest BCUT2D eigenvalue weighted by Gasteiger charge is -2.34. The van der Waals surface area contributed by atoms with E-state index in [1.165, 1.54) is 0 Å². The number of piperazine rings is 1. The fourth-order valence-electron chi connectivity index (χ4n) is 2.78. The van der Waals surface area contributed by atoms with Crippen LogP contribution in [0.1, 0.15) is 34.8 Å². The minimum absolute atomic E-state index is 0.00681. The van der Waals surface area contributed by atoms with E-state index in [0.29, 0.717) is 26.2 Å². The van der Waals surface area contributed by atoms with Crippen molar-refractivity contribution in [2.24, 2.45) is 0 Å². The van der Waals surface area contributed by atoms with Gasteiger partial charge in [0.25, 0.3) is 0 Å². The maximum Gasteiger partial charge on any atom is 0.317 e. The van der Waals surface area contributed by atoms with Gasteiger partial charge in [-0.15, -0.1) is 0 Å². The molecule has 0 aliphatic carbocycles. The topological polar surface area (TPSA) is 52.7 Å². The van der Waals surface area contributed by atoms with E-state index in [1.807, 2.05) is 43.9 Å². The number of aryl methyl sites for hydroxylation is 2. The third kappa shape index (κ3) is 4.79. The molecule has 1 aromatic rings. The van der Waals surface area contributed by atoms with Crippen molar-refractivity contribution in [2.45, 2.75) is 27.2 Å². The van der Waals surface area contributed by atoms with E-state index in [9.17, 15) is 9.59 Å². The molecular formula is C18H27N3O2. The molecule has 0 atom stereocenters. The van der Waals surface area contributed by atoms with Crippen molar-refractivity contribution in [3.8, 4) is 0 Å². The number of rotatable bonds is 5. The Kier molecular flexibility index (Phi) is 6.16. The summed E-state index contributed by atoms with van der Waals surface area (Å²) in [6.07, 6.45) is 0.941. The zero-order valence-corrected chi connectivity index (χ0v) is 14.4. The van der Waals surface area contributed by atoms with Gasteiger partial charge in [-0.2, -0.15) is 0 Å². The van der Waals surface area contributed by atoms with Gasteiger partial charge in [0.05, 0.1) is 6.54 Å². The largest absolute Gasteiger partial charge is 0.338 e. The van der Waals surface area contributed by atoms with E-state index in [4.69, 9.17) is 0 Å². The first kappa shape index (κ1) is 17.5. The molecule has 2 rings (SSSR count). The fraction of sp³-hybridized carbons (Fsp3) is 0.556. The number of nitrogens with one attached hydrogen (secondary N) is 1. The summed E-state index contributed by atoms with van der Waals surface area (Å²) in [4.78, 5) is 28.4. The molecule has 0 bridgehead atoms. The highest BCUT2D eigenvalue weighted by Crippen LogP contribution is 2.13. The number of nitrogens with zero attached hydrogens (tertiary/aromatic N) is 2. The standard InChI is InChI=1S/C18H27N3O2/c1-4-7-19-18(23)21-10-8-20(9-11-21)13-17(22)16-12-14(2)5-6-15(16)3/h5-6,12H,4,7-11,13H2,1-3H3,(H,19,23). The van der Waals surface area contributed by atoms with Gasteiger partial charge in [-0.3, -0.25) is 9.69 Å². The quantitative estimate of drug-likeness (QED) is 0.847. The second-order valence-corrected chi connectivity index (χ2v) is 6.24. The summed E-state index contributed by atoms with van der Waals surface area (Å²) in [6, 6.07) is 6.00. The van der Waals surface area contributed by atoms with Crippen molar-refractivity contribution < 1.29 is 9.59 Å². The highest BCUT2D eigenvalue weighted by Gasteiger charge is 2.22. The summed E-state index contributed by atoms with van der Waals surface area (Å²) in [5, 5.41) is 2.90. The van der Waals surface area contributed by atoms with Crippen LogP contribution >= 0.6 is 0 Å². The van der Waals surface area contributed by atoms with E-state index in [2.05, 4.69) is 10.2 Å². The van der Waals surface area contributed by atoms with Crippen LogP contribution in [0.5, 0.6) is 0 Å². The summed E-state index contributed by atoms with van der Waals surface area (Å²) in [7, 11) is 0. The Bertz CT molecular complexity index is 563. The predicted octanol–water partition coefficient (Wildman–Crippen LogP) is 2.22. The van der Waals surface area contributed by atoms with Crippen LogP contribution in [0.15, 0.2) is 18.2 Å². The van der Waals surface area contributed by atoms with Crippen molar-refractivity contribution >= 4 is 11.8 Å². The van der Waals surface area contributed by atoms with Crippen LogP contribution in [-0.4, -0.2) is 60.9 Å². The maximum absolute atomic E-state index is 12.5. The number of benzene rings is 1. The monoisotopic (exact) mass is 317 g/mol. The minimum Gasteiger partial charge on any atom is -0.338 e. The number of hydrogen-bond acceptors (Lipinski definition) is 3. The maximum atomic E-state index is 12.5. The lowest BCUT2D eigenvalue weighted by Crippen LogP contribution is -2.52. The summed E-state index contributed by atoms with van der Waals surface area (Å²) in [5.41, 5.74) is 2.95. The predicted molar refractivity (Wildman–Crippen MR) is 91.9 cm³/mol. The average Bonchev–Trinajstić information content (AvgIpc) is 2.55. The van der Waals surface area contributed by atoms with Crippen molar-refractivity contribution in [1.29, 1.82) is 0 Å². The molecule has 2 amide bonds. The third-order valence-corrected chi connectivity index (χ3v) is 4.25. The van der Waals surface area contributed by atoms with Gasteiger partial charge in [0, 0.05) is 38.3 Å². The van der Waals surface area contributed by atoms with E-state index in [0.717, 1.165) is 36.2 Å². The van der Waals surface area contributed by atoms with Gasteiger partial charge in [-0.05, 0) is 31.9 Å². The van der Waals surface area contributed by atoms with E-state index >= 15 is 0 Å². The molecule has 1 aromatic carbocycles. The number of hydrogen-bond donors (Lipinski definition) is 1. The average molecular weight is 317 g/mol. The number of Topliss-reactive ketones (excluding diaryl/α,β-unsaturated/α-hetero) is 1. The Labute approximate surface area is 138 Å². The van der Waals surface area contributed by atoms with Crippen LogP contribution in [0.3, 0.4) is 0 Å². The van der Waals surface area contributed by atoms with Gasteiger partial charge in [-0.25, -0.2) is 4.79 Å². The van der Waals surface area contributed by atoms with Crippen molar-refractivity contribution in [2.75, 3.05) is 39.3 Å². The second-order valence-electron chi connectivity index (χ2n) is 6.24. The molecule has 1 heterocycles. The molecule has 1 saturated heterocycles. The van der Waals surface area contributed by atoms with Crippen LogP contribution < -0.4 is 5.32 Å². The number of carbonyl (C=O) groups is 2. The highest BCUT2D eigenvalue weighted by molar-refractivity contribution is 5.99. The van der Waals surface area contributed by atoms with Crippen molar-refractivity contribution in [3.63, 3.8) is 0 Å². The van der Waals surface area contributed by atoms with Crippen LogP contribution in [-0.2, 0) is 0 Å². The molecule has 1 aliphatic rings. The van der Waals surface area contributed by atoms with Crippen LogP contribution in [0.25, 0.3) is 0 Å². The first-order valence-electron chi connectivity index (χ1n) is 8.37. The van der Waals surface area contributed by atoms with Crippen molar-refractivity contribution in [1.82, 2.24) is 15.1 Å². The van der Waals surface area contributed by atoms with Gasteiger partial charge < -0.3 is 10.2 Å². The molecule has 1 aliphatic heterocycles. The number of urea groups is 1. The molecular weight excluding hydrogens is 290 g/mol. The second kappa shape index (κ2) is 8.11. The molecule has 1 N–H and O–H groups in total. The zero-order chi connectivity index (χ0) is 16.8. The van der Waals surface area contributed by atoms with E-state index in [1.54, 1.807) is 0 Å². The summed E-state index contributed by atoms with van der Waals surface area (Å²) >= 11 is 0. The normalized spacial score (nSPS) is 15.5. The molecule has 0 unspecified atom stereocenters. The van der Waals surface area contributed by atoms with Gasteiger partial charge in [0.1, 0.15) is 0 Å². The lowest BCUT2D eigenvalue weighted by atomic mass is 10.0. The molecule has 0 radical (unpaired) electrons. The molecule has 126 valence electrons. The Morgan fingerprint density at radius 1 is 1.13 bits per heavy atom. The van der Waals surface area contributed by atoms with Gasteiger partial charge >= 0.3 is 6.03 Å². The van der Waals surface area contributed by atoms with Crippen LogP contribution in [0.2, 0.25) is 0 Å². The van der Waals surface area contributed by atoms with Crippen LogP contribution in [0, 0.1) is 13.8 Å². The minimum atomic E-state index is 0.00681. The van der Waals surface area contributed by atoms with Crippen LogP contribution in [0.4, 0.5) is 4.79 Å². The Morgan fingerprint density at radius 3 is 2.48 bits per heavy atom. The first-order chi connectivity index (χ1) is 11.0. The fourth-order valence-corrected chi connectivity index (χ4v) is 2.78. The third-order valence-electron chi connectivity index (χ3n) is 4.25. The molecule has 1 fully saturated rings. The molecule has 0 aromatic heterocycles. The lowest BCUT2D eigenvalue weighted by molar-refractivity contribution is 0.0878. The Morgan fingerprint density at radius 2 is 1.83 bits per heavy atom. The number of carbonyl (C=O) groups excluding carboxylic acids is 2. The highest BCUT2D eigenvalue weighted by atomic mass is 16.2. The number of ketones is 1. The molecule has 0 spiro atoms. The van der Waals surface area contributed by atoms with Gasteiger partial charge in [-0.1, -0.05) is 24.6 Å². The smallest absolute Gasteiger partial charge is 0.317 e. The van der Waals surface area contributed by atoms with Crippen molar-refractivity contribution in [3.05, 3.63) is 34.9 Å². The first-order valence-corrected chi connectivity index (χ1v) is 8.37. The SMILES string of the molecule is CCCNC(=O)N1CCN(CC(=O)c2cc(C)ccc2C)CC1. The Hall–Kier alpha value is -1.88. The Balaban J connectivity index is 1.85. The van der Waals surface area contributed by atoms with Gasteiger partial charge in [0.2, 0.25) is 0 Å². The summed E-state index contributed by atoms with van der Waals surface area (Å²) < 4.78 is 0.